The first kappa shape index (κ1) is 8.87. The maximum absolute atomic E-state index is 13.0. The van der Waals surface area contributed by atoms with Crippen molar-refractivity contribution in [3.63, 3.8) is 0 Å². The van der Waals surface area contributed by atoms with Gasteiger partial charge in [-0.1, -0.05) is 0 Å². The van der Waals surface area contributed by atoms with Gasteiger partial charge in [-0.25, -0.2) is 4.39 Å². The molecule has 0 radical (unpaired) electrons. The Kier molecular flexibility index (Phi) is 2.78. The molecule has 0 aliphatic rings. The molecule has 0 heterocycles. The maximum Gasteiger partial charge on any atom is 0.154 e. The van der Waals surface area contributed by atoms with E-state index in [0.29, 0.717) is 4.90 Å². The number of benzene rings is 1. The molecule has 0 saturated carbocycles. The van der Waals surface area contributed by atoms with Crippen LogP contribution in [0.5, 0.6) is 5.75 Å². The van der Waals surface area contributed by atoms with E-state index in [9.17, 15) is 4.39 Å². The number of hydrogen-bond acceptors (Lipinski definition) is 2. The molecule has 1 rings (SSSR count). The van der Waals surface area contributed by atoms with Gasteiger partial charge < -0.3 is 5.11 Å². The monoisotopic (exact) mass is 236 g/mol. The second-order valence-corrected chi connectivity index (χ2v) is 3.56. The third-order valence-electron chi connectivity index (χ3n) is 1.25. The largest absolute Gasteiger partial charge is 0.507 e. The van der Waals surface area contributed by atoms with Gasteiger partial charge in [0.05, 0.1) is 4.47 Å². The third-order valence-corrected chi connectivity index (χ3v) is 2.76. The van der Waals surface area contributed by atoms with Crippen LogP contribution in [0.2, 0.25) is 0 Å². The van der Waals surface area contributed by atoms with Gasteiger partial charge >= 0.3 is 0 Å². The Morgan fingerprint density at radius 1 is 1.55 bits per heavy atom. The van der Waals surface area contributed by atoms with Gasteiger partial charge in [0, 0.05) is 4.90 Å². The maximum atomic E-state index is 13.0. The summed E-state index contributed by atoms with van der Waals surface area (Å²) in [5.41, 5.74) is 0. The van der Waals surface area contributed by atoms with Crippen LogP contribution in [0.1, 0.15) is 0 Å². The molecule has 60 valence electrons. The van der Waals surface area contributed by atoms with Crippen molar-refractivity contribution in [3.05, 3.63) is 22.4 Å². The molecule has 0 fully saturated rings. The van der Waals surface area contributed by atoms with Crippen LogP contribution in [0.3, 0.4) is 0 Å². The minimum Gasteiger partial charge on any atom is -0.507 e. The highest BCUT2D eigenvalue weighted by Gasteiger charge is 2.08. The minimum atomic E-state index is -0.405. The van der Waals surface area contributed by atoms with Crippen molar-refractivity contribution in [1.29, 1.82) is 0 Å². The average molecular weight is 237 g/mol. The molecule has 4 heteroatoms. The van der Waals surface area contributed by atoms with Crippen molar-refractivity contribution < 1.29 is 9.50 Å². The lowest BCUT2D eigenvalue weighted by molar-refractivity contribution is 0.461. The molecule has 0 saturated heterocycles. The molecule has 0 aliphatic carbocycles. The number of thioether (sulfide) groups is 1. The lowest BCUT2D eigenvalue weighted by Crippen LogP contribution is -1.82. The first-order valence-electron chi connectivity index (χ1n) is 2.87. The van der Waals surface area contributed by atoms with Gasteiger partial charge in [-0.2, -0.15) is 0 Å². The topological polar surface area (TPSA) is 20.2 Å². The molecule has 0 spiro atoms. The number of phenolic OH excluding ortho intramolecular Hbond substituents is 1. The molecular weight excluding hydrogens is 231 g/mol. The molecule has 0 unspecified atom stereocenters. The van der Waals surface area contributed by atoms with Crippen molar-refractivity contribution in [2.75, 3.05) is 6.26 Å². The Balaban J connectivity index is 3.25. The Hall–Kier alpha value is -0.220. The SMILES string of the molecule is CSc1ccc(O)c(Br)c1F. The van der Waals surface area contributed by atoms with Gasteiger partial charge in [-0.3, -0.25) is 0 Å². The van der Waals surface area contributed by atoms with E-state index in [1.54, 1.807) is 12.3 Å². The van der Waals surface area contributed by atoms with Crippen LogP contribution < -0.4 is 0 Å². The zero-order valence-electron chi connectivity index (χ0n) is 5.77. The van der Waals surface area contributed by atoms with Crippen molar-refractivity contribution >= 4 is 27.7 Å². The van der Waals surface area contributed by atoms with Crippen LogP contribution in [0.25, 0.3) is 0 Å². The molecule has 0 aromatic heterocycles. The summed E-state index contributed by atoms with van der Waals surface area (Å²) in [6, 6.07) is 3.00. The smallest absolute Gasteiger partial charge is 0.154 e. The molecule has 0 aliphatic heterocycles. The van der Waals surface area contributed by atoms with Crippen LogP contribution >= 0.6 is 27.7 Å². The summed E-state index contributed by atoms with van der Waals surface area (Å²) in [5.74, 6) is -0.474. The summed E-state index contributed by atoms with van der Waals surface area (Å²) >= 11 is 4.23. The molecule has 1 aromatic carbocycles. The van der Waals surface area contributed by atoms with Gasteiger partial charge in [0.15, 0.2) is 5.82 Å². The highest BCUT2D eigenvalue weighted by molar-refractivity contribution is 9.10. The normalized spacial score (nSPS) is 10.1. The third kappa shape index (κ3) is 1.68. The van der Waals surface area contributed by atoms with Crippen LogP contribution in [-0.4, -0.2) is 11.4 Å². The van der Waals surface area contributed by atoms with E-state index in [2.05, 4.69) is 15.9 Å². The van der Waals surface area contributed by atoms with Crippen LogP contribution in [0.15, 0.2) is 21.5 Å². The number of phenols is 1. The molecule has 1 aromatic rings. The number of hydrogen-bond donors (Lipinski definition) is 1. The summed E-state index contributed by atoms with van der Waals surface area (Å²) in [6.07, 6.45) is 1.78. The van der Waals surface area contributed by atoms with Crippen LogP contribution in [0, 0.1) is 5.82 Å². The van der Waals surface area contributed by atoms with E-state index in [-0.39, 0.29) is 10.2 Å². The van der Waals surface area contributed by atoms with Crippen LogP contribution in [0.4, 0.5) is 4.39 Å². The highest BCUT2D eigenvalue weighted by Crippen LogP contribution is 2.32. The van der Waals surface area contributed by atoms with Gasteiger partial charge in [0.1, 0.15) is 5.75 Å². The first-order chi connectivity index (χ1) is 5.16. The fourth-order valence-corrected chi connectivity index (χ4v) is 1.64. The quantitative estimate of drug-likeness (QED) is 0.757. The predicted octanol–water partition coefficient (Wildman–Crippen LogP) is 3.02. The summed E-state index contributed by atoms with van der Waals surface area (Å²) in [4.78, 5) is 0.523. The van der Waals surface area contributed by atoms with E-state index in [0.717, 1.165) is 0 Å². The fraction of sp³-hybridized carbons (Fsp3) is 0.143. The molecule has 1 nitrogen and oxygen atoms in total. The van der Waals surface area contributed by atoms with Gasteiger partial charge in [-0.05, 0) is 34.3 Å². The van der Waals surface area contributed by atoms with E-state index in [1.165, 1.54) is 17.8 Å². The Bertz CT molecular complexity index is 277. The zero-order valence-corrected chi connectivity index (χ0v) is 8.17. The van der Waals surface area contributed by atoms with Crippen molar-refractivity contribution in [2.24, 2.45) is 0 Å². The lowest BCUT2D eigenvalue weighted by Gasteiger charge is -2.01. The zero-order chi connectivity index (χ0) is 8.43. The van der Waals surface area contributed by atoms with Crippen molar-refractivity contribution in [2.45, 2.75) is 4.90 Å². The summed E-state index contributed by atoms with van der Waals surface area (Å²) in [5, 5.41) is 9.02. The van der Waals surface area contributed by atoms with Gasteiger partial charge in [0.2, 0.25) is 0 Å². The van der Waals surface area contributed by atoms with E-state index < -0.39 is 5.82 Å². The van der Waals surface area contributed by atoms with Crippen molar-refractivity contribution in [3.8, 4) is 5.75 Å². The molecule has 0 bridgehead atoms. The van der Waals surface area contributed by atoms with Gasteiger partial charge in [-0.15, -0.1) is 11.8 Å². The molecule has 1 N–H and O–H groups in total. The average Bonchev–Trinajstić information content (AvgIpc) is 2.01. The molecule has 0 atom stereocenters. The van der Waals surface area contributed by atoms with Crippen molar-refractivity contribution in [1.82, 2.24) is 0 Å². The lowest BCUT2D eigenvalue weighted by atomic mass is 10.3. The highest BCUT2D eigenvalue weighted by atomic mass is 79.9. The Labute approximate surface area is 76.7 Å². The van der Waals surface area contributed by atoms with E-state index in [4.69, 9.17) is 5.11 Å². The summed E-state index contributed by atoms with van der Waals surface area (Å²) < 4.78 is 13.2. The van der Waals surface area contributed by atoms with Gasteiger partial charge in [0.25, 0.3) is 0 Å². The fourth-order valence-electron chi connectivity index (χ4n) is 0.679. The van der Waals surface area contributed by atoms with Crippen LogP contribution in [-0.2, 0) is 0 Å². The minimum absolute atomic E-state index is 0.0692. The molecule has 0 amide bonds. The number of rotatable bonds is 1. The second-order valence-electron chi connectivity index (χ2n) is 1.91. The first-order valence-corrected chi connectivity index (χ1v) is 4.89. The standard InChI is InChI=1S/C7H6BrFOS/c1-11-5-3-2-4(10)6(8)7(5)9/h2-3,10H,1H3. The van der Waals surface area contributed by atoms with E-state index in [1.807, 2.05) is 0 Å². The Morgan fingerprint density at radius 2 is 2.18 bits per heavy atom. The molecule has 11 heavy (non-hydrogen) atoms. The molecular formula is C7H6BrFOS. The predicted molar refractivity (Wildman–Crippen MR) is 47.5 cm³/mol. The Morgan fingerprint density at radius 3 is 2.73 bits per heavy atom. The summed E-state index contributed by atoms with van der Waals surface area (Å²) in [7, 11) is 0. The van der Waals surface area contributed by atoms with E-state index >= 15 is 0 Å². The number of aromatic hydroxyl groups is 1. The summed E-state index contributed by atoms with van der Waals surface area (Å²) in [6.45, 7) is 0. The second kappa shape index (κ2) is 3.45. The number of halogens is 2.